The lowest BCUT2D eigenvalue weighted by Gasteiger charge is -2.20. The zero-order chi connectivity index (χ0) is 14.5. The second kappa shape index (κ2) is 6.95. The minimum atomic E-state index is 0.188. The van der Waals surface area contributed by atoms with E-state index in [0.29, 0.717) is 5.92 Å². The van der Waals surface area contributed by atoms with Crippen molar-refractivity contribution in [3.05, 3.63) is 29.3 Å². The zero-order valence-electron chi connectivity index (χ0n) is 13.3. The van der Waals surface area contributed by atoms with E-state index >= 15 is 0 Å². The van der Waals surface area contributed by atoms with Gasteiger partial charge in [0.25, 0.3) is 0 Å². The minimum Gasteiger partial charge on any atom is -0.493 e. The van der Waals surface area contributed by atoms with Gasteiger partial charge in [0.2, 0.25) is 0 Å². The Bertz CT molecular complexity index is 391. The van der Waals surface area contributed by atoms with Gasteiger partial charge in [-0.25, -0.2) is 0 Å². The minimum absolute atomic E-state index is 0.188. The molecule has 0 bridgehead atoms. The van der Waals surface area contributed by atoms with E-state index < -0.39 is 0 Å². The quantitative estimate of drug-likeness (QED) is 0.774. The van der Waals surface area contributed by atoms with E-state index in [-0.39, 0.29) is 5.54 Å². The summed E-state index contributed by atoms with van der Waals surface area (Å²) >= 11 is 0. The van der Waals surface area contributed by atoms with Crippen molar-refractivity contribution >= 4 is 0 Å². The number of benzene rings is 1. The highest BCUT2D eigenvalue weighted by atomic mass is 16.5. The second-order valence-electron chi connectivity index (χ2n) is 6.56. The largest absolute Gasteiger partial charge is 0.493 e. The van der Waals surface area contributed by atoms with Gasteiger partial charge in [0.1, 0.15) is 5.75 Å². The smallest absolute Gasteiger partial charge is 0.122 e. The molecule has 0 saturated carbocycles. The third-order valence-corrected chi connectivity index (χ3v) is 3.11. The summed E-state index contributed by atoms with van der Waals surface area (Å²) in [6.45, 7) is 14.8. The Balaban J connectivity index is 2.42. The van der Waals surface area contributed by atoms with Crippen LogP contribution >= 0.6 is 0 Å². The van der Waals surface area contributed by atoms with Crippen LogP contribution in [0.25, 0.3) is 0 Å². The van der Waals surface area contributed by atoms with Crippen LogP contribution in [0.15, 0.2) is 18.2 Å². The maximum atomic E-state index is 5.90. The average Bonchev–Trinajstić information content (AvgIpc) is 2.29. The van der Waals surface area contributed by atoms with Gasteiger partial charge < -0.3 is 10.1 Å². The van der Waals surface area contributed by atoms with Crippen LogP contribution in [0.4, 0.5) is 0 Å². The summed E-state index contributed by atoms with van der Waals surface area (Å²) in [7, 11) is 0. The summed E-state index contributed by atoms with van der Waals surface area (Å²) in [4.78, 5) is 0. The van der Waals surface area contributed by atoms with Gasteiger partial charge in [-0.2, -0.15) is 0 Å². The Labute approximate surface area is 118 Å². The van der Waals surface area contributed by atoms with Gasteiger partial charge in [0.15, 0.2) is 0 Å². The first-order valence-corrected chi connectivity index (χ1v) is 7.28. The lowest BCUT2D eigenvalue weighted by Crippen LogP contribution is -2.36. The monoisotopic (exact) mass is 263 g/mol. The molecule has 19 heavy (non-hydrogen) atoms. The van der Waals surface area contributed by atoms with Crippen molar-refractivity contribution in [3.8, 4) is 5.75 Å². The Kier molecular flexibility index (Phi) is 5.86. The molecule has 1 aromatic rings. The lowest BCUT2D eigenvalue weighted by atomic mass is 10.0. The van der Waals surface area contributed by atoms with E-state index in [9.17, 15) is 0 Å². The highest BCUT2D eigenvalue weighted by Crippen LogP contribution is 2.24. The number of hydrogen-bond acceptors (Lipinski definition) is 2. The predicted octanol–water partition coefficient (Wildman–Crippen LogP) is 4.28. The molecule has 2 nitrogen and oxygen atoms in total. The Morgan fingerprint density at radius 2 is 1.89 bits per heavy atom. The van der Waals surface area contributed by atoms with Crippen molar-refractivity contribution in [2.24, 2.45) is 0 Å². The predicted molar refractivity (Wildman–Crippen MR) is 83.1 cm³/mol. The molecule has 0 saturated heterocycles. The molecule has 0 atom stereocenters. The van der Waals surface area contributed by atoms with Crippen LogP contribution in [0, 0.1) is 6.92 Å². The molecule has 0 unspecified atom stereocenters. The summed E-state index contributed by atoms with van der Waals surface area (Å²) in [5.74, 6) is 1.58. The fourth-order valence-electron chi connectivity index (χ4n) is 1.85. The summed E-state index contributed by atoms with van der Waals surface area (Å²) in [6, 6.07) is 6.52. The average molecular weight is 263 g/mol. The number of ether oxygens (including phenoxy) is 1. The first-order chi connectivity index (χ1) is 8.79. The van der Waals surface area contributed by atoms with Gasteiger partial charge in [-0.15, -0.1) is 0 Å². The van der Waals surface area contributed by atoms with E-state index in [1.165, 1.54) is 11.1 Å². The van der Waals surface area contributed by atoms with Gasteiger partial charge in [-0.05, 0) is 63.8 Å². The molecule has 2 heteroatoms. The van der Waals surface area contributed by atoms with Gasteiger partial charge in [0.05, 0.1) is 6.61 Å². The van der Waals surface area contributed by atoms with Crippen LogP contribution in [-0.2, 0) is 0 Å². The molecular weight excluding hydrogens is 234 g/mol. The maximum absolute atomic E-state index is 5.90. The molecule has 0 aromatic heterocycles. The first kappa shape index (κ1) is 16.0. The molecule has 0 heterocycles. The number of rotatable bonds is 6. The van der Waals surface area contributed by atoms with Gasteiger partial charge >= 0.3 is 0 Å². The van der Waals surface area contributed by atoms with E-state index in [1.807, 2.05) is 0 Å². The summed E-state index contributed by atoms with van der Waals surface area (Å²) in [5, 5.41) is 3.47. The summed E-state index contributed by atoms with van der Waals surface area (Å²) in [6.07, 6.45) is 1.03. The highest BCUT2D eigenvalue weighted by Gasteiger charge is 2.08. The SMILES string of the molecule is Cc1ccc(C(C)C)cc1OCCCNC(C)(C)C. The number of hydrogen-bond donors (Lipinski definition) is 1. The Morgan fingerprint density at radius 1 is 1.21 bits per heavy atom. The van der Waals surface area contributed by atoms with Crippen LogP contribution in [-0.4, -0.2) is 18.7 Å². The topological polar surface area (TPSA) is 21.3 Å². The van der Waals surface area contributed by atoms with Gasteiger partial charge in [-0.3, -0.25) is 0 Å². The molecule has 1 rings (SSSR count). The van der Waals surface area contributed by atoms with Gasteiger partial charge in [-0.1, -0.05) is 26.0 Å². The van der Waals surface area contributed by atoms with Crippen molar-refractivity contribution in [2.75, 3.05) is 13.2 Å². The molecular formula is C17H29NO. The molecule has 0 aliphatic rings. The molecule has 0 fully saturated rings. The molecule has 0 aliphatic carbocycles. The van der Waals surface area contributed by atoms with Gasteiger partial charge in [0, 0.05) is 5.54 Å². The van der Waals surface area contributed by atoms with Crippen molar-refractivity contribution < 1.29 is 4.74 Å². The summed E-state index contributed by atoms with van der Waals surface area (Å²) in [5.41, 5.74) is 2.75. The fraction of sp³-hybridized carbons (Fsp3) is 0.647. The molecule has 1 aromatic carbocycles. The van der Waals surface area contributed by atoms with Crippen molar-refractivity contribution in [1.82, 2.24) is 5.32 Å². The van der Waals surface area contributed by atoms with E-state index in [2.05, 4.69) is 65.1 Å². The Morgan fingerprint density at radius 3 is 2.47 bits per heavy atom. The number of nitrogens with one attached hydrogen (secondary N) is 1. The molecule has 0 amide bonds. The Hall–Kier alpha value is -1.02. The normalized spacial score (nSPS) is 11.9. The standard InChI is InChI=1S/C17H29NO/c1-13(2)15-9-8-14(3)16(12-15)19-11-7-10-18-17(4,5)6/h8-9,12-13,18H,7,10-11H2,1-6H3. The zero-order valence-corrected chi connectivity index (χ0v) is 13.3. The van der Waals surface area contributed by atoms with E-state index in [4.69, 9.17) is 4.74 Å². The van der Waals surface area contributed by atoms with E-state index in [0.717, 1.165) is 25.3 Å². The van der Waals surface area contributed by atoms with Crippen LogP contribution in [0.2, 0.25) is 0 Å². The van der Waals surface area contributed by atoms with Crippen molar-refractivity contribution in [1.29, 1.82) is 0 Å². The first-order valence-electron chi connectivity index (χ1n) is 7.28. The van der Waals surface area contributed by atoms with Crippen molar-refractivity contribution in [2.45, 2.75) is 59.4 Å². The van der Waals surface area contributed by atoms with Crippen LogP contribution in [0.1, 0.15) is 58.1 Å². The molecule has 0 aliphatic heterocycles. The second-order valence-corrected chi connectivity index (χ2v) is 6.56. The van der Waals surface area contributed by atoms with Crippen LogP contribution in [0.5, 0.6) is 5.75 Å². The molecule has 0 radical (unpaired) electrons. The van der Waals surface area contributed by atoms with E-state index in [1.54, 1.807) is 0 Å². The number of aryl methyl sites for hydroxylation is 1. The van der Waals surface area contributed by atoms with Crippen molar-refractivity contribution in [3.63, 3.8) is 0 Å². The fourth-order valence-corrected chi connectivity index (χ4v) is 1.85. The van der Waals surface area contributed by atoms with Crippen LogP contribution in [0.3, 0.4) is 0 Å². The molecule has 108 valence electrons. The van der Waals surface area contributed by atoms with Crippen LogP contribution < -0.4 is 10.1 Å². The lowest BCUT2D eigenvalue weighted by molar-refractivity contribution is 0.296. The third kappa shape index (κ3) is 6.11. The molecule has 0 spiro atoms. The molecule has 1 N–H and O–H groups in total. The highest BCUT2D eigenvalue weighted by molar-refractivity contribution is 5.37. The third-order valence-electron chi connectivity index (χ3n) is 3.11. The summed E-state index contributed by atoms with van der Waals surface area (Å²) < 4.78 is 5.90. The maximum Gasteiger partial charge on any atom is 0.122 e.